The summed E-state index contributed by atoms with van der Waals surface area (Å²) in [7, 11) is -1.98. The predicted molar refractivity (Wildman–Crippen MR) is 102 cm³/mol. The van der Waals surface area contributed by atoms with E-state index in [-0.39, 0.29) is 26.3 Å². The molecule has 0 bridgehead atoms. The number of rotatable bonds is 4. The van der Waals surface area contributed by atoms with Crippen molar-refractivity contribution in [2.45, 2.75) is 17.7 Å². The molecule has 0 saturated carbocycles. The number of hydrogen-bond acceptors (Lipinski definition) is 4. The van der Waals surface area contributed by atoms with Crippen LogP contribution in [0, 0.1) is 0 Å². The Morgan fingerprint density at radius 2 is 1.73 bits per heavy atom. The lowest BCUT2D eigenvalue weighted by Gasteiger charge is -2.13. The Labute approximate surface area is 161 Å². The minimum absolute atomic E-state index is 0.0976. The van der Waals surface area contributed by atoms with Gasteiger partial charge in [-0.3, -0.25) is 4.79 Å². The van der Waals surface area contributed by atoms with E-state index in [0.717, 1.165) is 12.8 Å². The standard InChI is InChI=1S/C16H18Cl2N4O3S/c1-21-9-11(26(24,25)22-4-2-3-5-22)8-14(21)16(23)20-10-6-12(17)15(19)13(18)7-10/h6-9H,2-5,19H2,1H3,(H,20,23). The molecule has 10 heteroatoms. The molecule has 140 valence electrons. The smallest absolute Gasteiger partial charge is 0.272 e. The summed E-state index contributed by atoms with van der Waals surface area (Å²) in [5.41, 5.74) is 6.47. The van der Waals surface area contributed by atoms with Crippen LogP contribution in [0.3, 0.4) is 0 Å². The van der Waals surface area contributed by atoms with Crippen molar-refractivity contribution in [1.29, 1.82) is 0 Å². The summed E-state index contributed by atoms with van der Waals surface area (Å²) in [4.78, 5) is 12.6. The van der Waals surface area contributed by atoms with Crippen LogP contribution >= 0.6 is 23.2 Å². The van der Waals surface area contributed by atoms with Gasteiger partial charge in [-0.1, -0.05) is 23.2 Å². The monoisotopic (exact) mass is 416 g/mol. The largest absolute Gasteiger partial charge is 0.396 e. The van der Waals surface area contributed by atoms with E-state index in [2.05, 4.69) is 5.32 Å². The second-order valence-corrected chi connectivity index (χ2v) is 8.84. The summed E-state index contributed by atoms with van der Waals surface area (Å²) < 4.78 is 28.2. The molecule has 1 aliphatic heterocycles. The van der Waals surface area contributed by atoms with E-state index >= 15 is 0 Å². The van der Waals surface area contributed by atoms with Crippen molar-refractivity contribution in [3.63, 3.8) is 0 Å². The number of anilines is 2. The minimum atomic E-state index is -3.59. The lowest BCUT2D eigenvalue weighted by Crippen LogP contribution is -2.27. The number of carbonyl (C=O) groups excluding carboxylic acids is 1. The van der Waals surface area contributed by atoms with Crippen LogP contribution in [0.4, 0.5) is 11.4 Å². The number of carbonyl (C=O) groups is 1. The van der Waals surface area contributed by atoms with Crippen LogP contribution in [-0.4, -0.2) is 36.3 Å². The molecule has 0 atom stereocenters. The molecule has 1 saturated heterocycles. The van der Waals surface area contributed by atoms with E-state index in [1.165, 1.54) is 33.3 Å². The van der Waals surface area contributed by atoms with Crippen molar-refractivity contribution in [2.24, 2.45) is 7.05 Å². The van der Waals surface area contributed by atoms with E-state index in [0.29, 0.717) is 18.8 Å². The van der Waals surface area contributed by atoms with Gasteiger partial charge in [-0.15, -0.1) is 0 Å². The van der Waals surface area contributed by atoms with Gasteiger partial charge in [-0.05, 0) is 31.0 Å². The Bertz CT molecular complexity index is 943. The maximum Gasteiger partial charge on any atom is 0.272 e. The first kappa shape index (κ1) is 19.0. The molecule has 3 rings (SSSR count). The zero-order chi connectivity index (χ0) is 19.1. The summed E-state index contributed by atoms with van der Waals surface area (Å²) in [6.07, 6.45) is 3.13. The van der Waals surface area contributed by atoms with E-state index < -0.39 is 15.9 Å². The number of nitrogen functional groups attached to an aromatic ring is 1. The molecule has 26 heavy (non-hydrogen) atoms. The van der Waals surface area contributed by atoms with E-state index in [9.17, 15) is 13.2 Å². The molecule has 1 aromatic carbocycles. The predicted octanol–water partition coefficient (Wildman–Crippen LogP) is 2.95. The molecule has 1 aliphatic rings. The van der Waals surface area contributed by atoms with Crippen LogP contribution in [0.15, 0.2) is 29.3 Å². The van der Waals surface area contributed by atoms with Crippen molar-refractivity contribution in [1.82, 2.24) is 8.87 Å². The fraction of sp³-hybridized carbons (Fsp3) is 0.312. The summed E-state index contributed by atoms with van der Waals surface area (Å²) in [6.45, 7) is 1.00. The zero-order valence-electron chi connectivity index (χ0n) is 14.0. The summed E-state index contributed by atoms with van der Waals surface area (Å²) in [6, 6.07) is 4.32. The highest BCUT2D eigenvalue weighted by Gasteiger charge is 2.29. The Morgan fingerprint density at radius 3 is 2.31 bits per heavy atom. The quantitative estimate of drug-likeness (QED) is 0.748. The molecular formula is C16H18Cl2N4O3S. The third kappa shape index (κ3) is 3.55. The molecular weight excluding hydrogens is 399 g/mol. The first-order chi connectivity index (χ1) is 12.2. The van der Waals surface area contributed by atoms with Crippen LogP contribution in [0.2, 0.25) is 10.0 Å². The number of aryl methyl sites for hydroxylation is 1. The van der Waals surface area contributed by atoms with Crippen molar-refractivity contribution in [2.75, 3.05) is 24.1 Å². The highest BCUT2D eigenvalue weighted by molar-refractivity contribution is 7.89. The SMILES string of the molecule is Cn1cc(S(=O)(=O)N2CCCC2)cc1C(=O)Nc1cc(Cl)c(N)c(Cl)c1. The molecule has 1 amide bonds. The lowest BCUT2D eigenvalue weighted by atomic mass is 10.2. The maximum absolute atomic E-state index is 12.6. The number of nitrogens with two attached hydrogens (primary N) is 1. The average molecular weight is 417 g/mol. The van der Waals surface area contributed by atoms with E-state index in [1.54, 1.807) is 7.05 Å². The van der Waals surface area contributed by atoms with Gasteiger partial charge in [0, 0.05) is 32.0 Å². The number of amides is 1. The normalized spacial score (nSPS) is 15.3. The first-order valence-corrected chi connectivity index (χ1v) is 10.1. The van der Waals surface area contributed by atoms with Gasteiger partial charge in [0.05, 0.1) is 15.7 Å². The number of nitrogens with zero attached hydrogens (tertiary/aromatic N) is 2. The van der Waals surface area contributed by atoms with Crippen molar-refractivity contribution in [3.8, 4) is 0 Å². The molecule has 3 N–H and O–H groups in total. The van der Waals surface area contributed by atoms with Crippen molar-refractivity contribution in [3.05, 3.63) is 40.1 Å². The molecule has 0 unspecified atom stereocenters. The molecule has 0 radical (unpaired) electrons. The number of benzene rings is 1. The van der Waals surface area contributed by atoms with Crippen LogP contribution in [-0.2, 0) is 17.1 Å². The van der Waals surface area contributed by atoms with Gasteiger partial charge in [0.1, 0.15) is 10.6 Å². The number of hydrogen-bond donors (Lipinski definition) is 2. The highest BCUT2D eigenvalue weighted by atomic mass is 35.5. The van der Waals surface area contributed by atoms with Crippen LogP contribution in [0.1, 0.15) is 23.3 Å². The van der Waals surface area contributed by atoms with Crippen LogP contribution in [0.5, 0.6) is 0 Å². The molecule has 2 aromatic rings. The summed E-state index contributed by atoms with van der Waals surface area (Å²) in [5.74, 6) is -0.479. The zero-order valence-corrected chi connectivity index (χ0v) is 16.3. The molecule has 7 nitrogen and oxygen atoms in total. The fourth-order valence-electron chi connectivity index (χ4n) is 2.83. The van der Waals surface area contributed by atoms with E-state index in [4.69, 9.17) is 28.9 Å². The van der Waals surface area contributed by atoms with Gasteiger partial charge in [0.15, 0.2) is 0 Å². The van der Waals surface area contributed by atoms with Gasteiger partial charge < -0.3 is 15.6 Å². The maximum atomic E-state index is 12.6. The van der Waals surface area contributed by atoms with Crippen molar-refractivity contribution < 1.29 is 13.2 Å². The average Bonchev–Trinajstić information content (AvgIpc) is 3.22. The number of aromatic nitrogens is 1. The van der Waals surface area contributed by atoms with E-state index in [1.807, 2.05) is 0 Å². The highest BCUT2D eigenvalue weighted by Crippen LogP contribution is 2.31. The number of nitrogens with one attached hydrogen (secondary N) is 1. The molecule has 2 heterocycles. The number of halogens is 2. The molecule has 1 aromatic heterocycles. The van der Waals surface area contributed by atoms with Gasteiger partial charge in [-0.25, -0.2) is 8.42 Å². The summed E-state index contributed by atoms with van der Waals surface area (Å²) in [5, 5.41) is 3.09. The van der Waals surface area contributed by atoms with Gasteiger partial charge in [-0.2, -0.15) is 4.31 Å². The van der Waals surface area contributed by atoms with Gasteiger partial charge in [0.25, 0.3) is 5.91 Å². The molecule has 1 fully saturated rings. The van der Waals surface area contributed by atoms with Crippen LogP contribution in [0.25, 0.3) is 0 Å². The second-order valence-electron chi connectivity index (χ2n) is 6.09. The first-order valence-electron chi connectivity index (χ1n) is 7.92. The lowest BCUT2D eigenvalue weighted by molar-refractivity contribution is 0.101. The molecule has 0 aliphatic carbocycles. The Hall–Kier alpha value is -1.74. The summed E-state index contributed by atoms with van der Waals surface area (Å²) >= 11 is 11.9. The minimum Gasteiger partial charge on any atom is -0.396 e. The topological polar surface area (TPSA) is 97.4 Å². The Balaban J connectivity index is 1.86. The molecule has 0 spiro atoms. The van der Waals surface area contributed by atoms with Crippen molar-refractivity contribution >= 4 is 50.5 Å². The third-order valence-electron chi connectivity index (χ3n) is 4.25. The van der Waals surface area contributed by atoms with Gasteiger partial charge >= 0.3 is 0 Å². The third-order valence-corrected chi connectivity index (χ3v) is 6.74. The Kier molecular flexibility index (Phi) is 5.21. The van der Waals surface area contributed by atoms with Gasteiger partial charge in [0.2, 0.25) is 10.0 Å². The second kappa shape index (κ2) is 7.11. The van der Waals surface area contributed by atoms with Crippen LogP contribution < -0.4 is 11.1 Å². The fourth-order valence-corrected chi connectivity index (χ4v) is 4.91. The number of sulfonamides is 1. The Morgan fingerprint density at radius 1 is 1.15 bits per heavy atom.